The number of aromatic nitrogens is 2. The fourth-order valence-corrected chi connectivity index (χ4v) is 3.61. The summed E-state index contributed by atoms with van der Waals surface area (Å²) in [6, 6.07) is -0.0118. The standard InChI is InChI=1S/C18H24N4O2/c1-13-18-19-15(11-16(23)20-6-2-3-7-20)12-21(18)8-9-22(13)17(24)10-14-4-5-14/h2-3,12-14H,4-11H2,1H3/t13-/m1/s1. The molecule has 3 heterocycles. The van der Waals surface area contributed by atoms with E-state index in [2.05, 4.69) is 9.55 Å². The normalized spacial score (nSPS) is 22.8. The molecule has 1 aliphatic carbocycles. The van der Waals surface area contributed by atoms with Gasteiger partial charge < -0.3 is 14.4 Å². The van der Waals surface area contributed by atoms with Crippen molar-refractivity contribution in [2.75, 3.05) is 19.6 Å². The Hall–Kier alpha value is -2.11. The van der Waals surface area contributed by atoms with Crippen LogP contribution in [0.25, 0.3) is 0 Å². The lowest BCUT2D eigenvalue weighted by Gasteiger charge is -2.34. The molecule has 1 atom stereocenters. The molecule has 4 rings (SSSR count). The Balaban J connectivity index is 1.44. The van der Waals surface area contributed by atoms with Gasteiger partial charge >= 0.3 is 0 Å². The Morgan fingerprint density at radius 2 is 1.92 bits per heavy atom. The fraction of sp³-hybridized carbons (Fsp3) is 0.611. The van der Waals surface area contributed by atoms with Gasteiger partial charge in [-0.05, 0) is 25.7 Å². The van der Waals surface area contributed by atoms with Crippen molar-refractivity contribution < 1.29 is 9.59 Å². The Morgan fingerprint density at radius 3 is 2.62 bits per heavy atom. The van der Waals surface area contributed by atoms with Crippen LogP contribution in [0.3, 0.4) is 0 Å². The van der Waals surface area contributed by atoms with Crippen LogP contribution in [-0.4, -0.2) is 50.8 Å². The second-order valence-corrected chi connectivity index (χ2v) is 7.14. The number of carbonyl (C=O) groups excluding carboxylic acids is 2. The van der Waals surface area contributed by atoms with Gasteiger partial charge in [-0.25, -0.2) is 4.98 Å². The quantitative estimate of drug-likeness (QED) is 0.788. The van der Waals surface area contributed by atoms with Crippen molar-refractivity contribution in [3.63, 3.8) is 0 Å². The summed E-state index contributed by atoms with van der Waals surface area (Å²) in [4.78, 5) is 33.2. The van der Waals surface area contributed by atoms with Crippen molar-refractivity contribution in [1.82, 2.24) is 19.4 Å². The largest absolute Gasteiger partial charge is 0.335 e. The second-order valence-electron chi connectivity index (χ2n) is 7.14. The second kappa shape index (κ2) is 6.07. The van der Waals surface area contributed by atoms with Crippen LogP contribution in [0.15, 0.2) is 18.3 Å². The SMILES string of the molecule is C[C@@H]1c2nc(CC(=O)N3CC=CC3)cn2CCN1C(=O)CC1CC1. The average molecular weight is 328 g/mol. The zero-order valence-electron chi connectivity index (χ0n) is 14.1. The topological polar surface area (TPSA) is 58.4 Å². The molecule has 1 aromatic rings. The maximum atomic E-state index is 12.4. The van der Waals surface area contributed by atoms with Crippen LogP contribution in [0.4, 0.5) is 0 Å². The molecule has 0 spiro atoms. The van der Waals surface area contributed by atoms with E-state index >= 15 is 0 Å². The molecule has 2 amide bonds. The van der Waals surface area contributed by atoms with Gasteiger partial charge in [0.05, 0.1) is 18.2 Å². The van der Waals surface area contributed by atoms with Gasteiger partial charge in [0.2, 0.25) is 11.8 Å². The van der Waals surface area contributed by atoms with Gasteiger partial charge in [-0.15, -0.1) is 0 Å². The molecular weight excluding hydrogens is 304 g/mol. The van der Waals surface area contributed by atoms with E-state index in [1.165, 1.54) is 12.8 Å². The van der Waals surface area contributed by atoms with Crippen LogP contribution in [0.1, 0.15) is 43.7 Å². The molecule has 6 nitrogen and oxygen atoms in total. The van der Waals surface area contributed by atoms with E-state index in [0.717, 1.165) is 24.6 Å². The number of hydrogen-bond donors (Lipinski definition) is 0. The first kappa shape index (κ1) is 15.4. The maximum absolute atomic E-state index is 12.4. The van der Waals surface area contributed by atoms with Crippen molar-refractivity contribution in [2.45, 2.75) is 45.2 Å². The summed E-state index contributed by atoms with van der Waals surface area (Å²) in [5.41, 5.74) is 0.810. The van der Waals surface area contributed by atoms with Gasteiger partial charge in [-0.3, -0.25) is 9.59 Å². The Bertz CT molecular complexity index is 681. The number of hydrogen-bond acceptors (Lipinski definition) is 3. The zero-order chi connectivity index (χ0) is 16.7. The lowest BCUT2D eigenvalue weighted by atomic mass is 10.1. The van der Waals surface area contributed by atoms with Crippen LogP contribution < -0.4 is 0 Å². The third kappa shape index (κ3) is 2.97. The number of rotatable bonds is 4. The molecule has 2 aliphatic heterocycles. The molecule has 0 radical (unpaired) electrons. The van der Waals surface area contributed by atoms with E-state index in [4.69, 9.17) is 0 Å². The van der Waals surface area contributed by atoms with E-state index in [9.17, 15) is 9.59 Å². The van der Waals surface area contributed by atoms with Gasteiger partial charge in [-0.2, -0.15) is 0 Å². The highest BCUT2D eigenvalue weighted by Gasteiger charge is 2.33. The number of imidazole rings is 1. The predicted octanol–water partition coefficient (Wildman–Crippen LogP) is 1.53. The summed E-state index contributed by atoms with van der Waals surface area (Å²) in [7, 11) is 0. The molecule has 1 aromatic heterocycles. The van der Waals surface area contributed by atoms with Crippen molar-refractivity contribution in [1.29, 1.82) is 0 Å². The monoisotopic (exact) mass is 328 g/mol. The van der Waals surface area contributed by atoms with Gasteiger partial charge in [0.15, 0.2) is 0 Å². The summed E-state index contributed by atoms with van der Waals surface area (Å²) in [5, 5.41) is 0. The van der Waals surface area contributed by atoms with E-state index in [0.29, 0.717) is 31.8 Å². The van der Waals surface area contributed by atoms with Crippen LogP contribution in [0, 0.1) is 5.92 Å². The van der Waals surface area contributed by atoms with Crippen molar-refractivity contribution in [2.24, 2.45) is 5.92 Å². The van der Waals surface area contributed by atoms with Crippen molar-refractivity contribution in [3.8, 4) is 0 Å². The van der Waals surface area contributed by atoms with Gasteiger partial charge in [0, 0.05) is 38.8 Å². The Kier molecular flexibility index (Phi) is 3.90. The lowest BCUT2D eigenvalue weighted by molar-refractivity contribution is -0.135. The summed E-state index contributed by atoms with van der Waals surface area (Å²) >= 11 is 0. The molecule has 1 fully saturated rings. The first-order valence-corrected chi connectivity index (χ1v) is 8.90. The minimum atomic E-state index is -0.0118. The summed E-state index contributed by atoms with van der Waals surface area (Å²) in [5.74, 6) is 1.88. The molecule has 24 heavy (non-hydrogen) atoms. The summed E-state index contributed by atoms with van der Waals surface area (Å²) < 4.78 is 2.11. The van der Waals surface area contributed by atoms with Crippen LogP contribution in [0.2, 0.25) is 0 Å². The van der Waals surface area contributed by atoms with Crippen molar-refractivity contribution in [3.05, 3.63) is 29.9 Å². The summed E-state index contributed by atoms with van der Waals surface area (Å²) in [6.45, 7) is 4.94. The number of amides is 2. The van der Waals surface area contributed by atoms with E-state index < -0.39 is 0 Å². The smallest absolute Gasteiger partial charge is 0.229 e. The van der Waals surface area contributed by atoms with Gasteiger partial charge in [-0.1, -0.05) is 12.2 Å². The molecule has 6 heteroatoms. The third-order valence-electron chi connectivity index (χ3n) is 5.26. The highest BCUT2D eigenvalue weighted by molar-refractivity contribution is 5.79. The van der Waals surface area contributed by atoms with Crippen molar-refractivity contribution >= 4 is 11.8 Å². The Labute approximate surface area is 142 Å². The molecular formula is C18H24N4O2. The minimum Gasteiger partial charge on any atom is -0.335 e. The molecule has 1 saturated carbocycles. The number of nitrogens with zero attached hydrogens (tertiary/aromatic N) is 4. The average Bonchev–Trinajstić information content (AvgIpc) is 3.04. The first-order chi connectivity index (χ1) is 11.6. The Morgan fingerprint density at radius 1 is 1.17 bits per heavy atom. The minimum absolute atomic E-state index is 0.0118. The lowest BCUT2D eigenvalue weighted by Crippen LogP contribution is -2.41. The van der Waals surface area contributed by atoms with E-state index in [1.807, 2.05) is 35.1 Å². The van der Waals surface area contributed by atoms with Crippen LogP contribution in [0.5, 0.6) is 0 Å². The highest BCUT2D eigenvalue weighted by Crippen LogP contribution is 2.34. The van der Waals surface area contributed by atoms with Gasteiger partial charge in [0.1, 0.15) is 5.82 Å². The van der Waals surface area contributed by atoms with E-state index in [1.54, 1.807) is 0 Å². The zero-order valence-corrected chi connectivity index (χ0v) is 14.1. The fourth-order valence-electron chi connectivity index (χ4n) is 3.61. The van der Waals surface area contributed by atoms with Crippen LogP contribution in [-0.2, 0) is 22.6 Å². The van der Waals surface area contributed by atoms with Gasteiger partial charge in [0.25, 0.3) is 0 Å². The third-order valence-corrected chi connectivity index (χ3v) is 5.26. The molecule has 128 valence electrons. The number of carbonyl (C=O) groups is 2. The molecule has 0 N–H and O–H groups in total. The molecule has 0 bridgehead atoms. The predicted molar refractivity (Wildman–Crippen MR) is 89.1 cm³/mol. The first-order valence-electron chi connectivity index (χ1n) is 8.90. The van der Waals surface area contributed by atoms with E-state index in [-0.39, 0.29) is 17.9 Å². The molecule has 0 saturated heterocycles. The van der Waals surface area contributed by atoms with Crippen LogP contribution >= 0.6 is 0 Å². The summed E-state index contributed by atoms with van der Waals surface area (Å²) in [6.07, 6.45) is 9.42. The molecule has 3 aliphatic rings. The molecule has 0 unspecified atom stereocenters. The highest BCUT2D eigenvalue weighted by atomic mass is 16.2. The maximum Gasteiger partial charge on any atom is 0.229 e. The number of fused-ring (bicyclic) bond motifs is 1. The molecule has 0 aromatic carbocycles.